The fourth-order valence-electron chi connectivity index (χ4n) is 1.94. The lowest BCUT2D eigenvalue weighted by molar-refractivity contribution is -0.114. The Morgan fingerprint density at radius 3 is 1.19 bits per heavy atom. The molecule has 0 aliphatic heterocycles. The van der Waals surface area contributed by atoms with Gasteiger partial charge < -0.3 is 15.3 Å². The summed E-state index contributed by atoms with van der Waals surface area (Å²) < 4.78 is 0. The largest absolute Gasteiger partial charge is 0.508 e. The zero-order valence-corrected chi connectivity index (χ0v) is 17.2. The molecular weight excluding hydrogens is 412 g/mol. The molecule has 2 aromatic rings. The molecule has 0 heterocycles. The molecule has 0 spiro atoms. The predicted molar refractivity (Wildman–Crippen MR) is 119 cm³/mol. The second-order valence-electron chi connectivity index (χ2n) is 6.25. The SMILES string of the molecule is CC1=CC(=O)C=CC1=O.O=C1C=CC(=O)C=C1.Oc1ccc(O)cc1.Oc1ccccc1. The topological polar surface area (TPSA) is 129 Å². The van der Waals surface area contributed by atoms with Gasteiger partial charge in [0.2, 0.25) is 0 Å². The van der Waals surface area contributed by atoms with Crippen LogP contribution in [0.2, 0.25) is 0 Å². The summed E-state index contributed by atoms with van der Waals surface area (Å²) in [5.41, 5.74) is 0.516. The number of allylic oxidation sites excluding steroid dienone is 8. The zero-order valence-electron chi connectivity index (χ0n) is 17.2. The third-order valence-electron chi connectivity index (χ3n) is 3.58. The quantitative estimate of drug-likeness (QED) is 0.428. The van der Waals surface area contributed by atoms with Crippen molar-refractivity contribution in [3.63, 3.8) is 0 Å². The number of carbonyl (C=O) groups excluding carboxylic acids is 4. The molecular formula is C25H22O7. The van der Waals surface area contributed by atoms with E-state index in [1.54, 1.807) is 31.2 Å². The van der Waals surface area contributed by atoms with E-state index in [2.05, 4.69) is 0 Å². The number of phenolic OH excluding ortho intramolecular Hbond substituents is 3. The van der Waals surface area contributed by atoms with Gasteiger partial charge in [-0.2, -0.15) is 0 Å². The van der Waals surface area contributed by atoms with Crippen molar-refractivity contribution in [1.29, 1.82) is 0 Å². The van der Waals surface area contributed by atoms with E-state index in [1.165, 1.54) is 66.8 Å². The molecule has 3 N–H and O–H groups in total. The van der Waals surface area contributed by atoms with E-state index in [-0.39, 0.29) is 34.6 Å². The number of phenols is 3. The summed E-state index contributed by atoms with van der Waals surface area (Å²) >= 11 is 0. The molecule has 32 heavy (non-hydrogen) atoms. The Hall–Kier alpha value is -4.52. The molecule has 7 heteroatoms. The first kappa shape index (κ1) is 25.5. The molecule has 2 aliphatic carbocycles. The fraction of sp³-hybridized carbons (Fsp3) is 0.0400. The molecule has 7 nitrogen and oxygen atoms in total. The fourth-order valence-corrected chi connectivity index (χ4v) is 1.94. The number of carbonyl (C=O) groups is 4. The third kappa shape index (κ3) is 11.5. The third-order valence-corrected chi connectivity index (χ3v) is 3.58. The Kier molecular flexibility index (Phi) is 10.9. The maximum absolute atomic E-state index is 10.6. The van der Waals surface area contributed by atoms with Crippen LogP contribution in [0.3, 0.4) is 0 Å². The molecule has 0 radical (unpaired) electrons. The second kappa shape index (κ2) is 13.7. The first-order valence-corrected chi connectivity index (χ1v) is 9.28. The molecule has 4 rings (SSSR count). The van der Waals surface area contributed by atoms with Gasteiger partial charge in [-0.25, -0.2) is 0 Å². The van der Waals surface area contributed by atoms with Gasteiger partial charge in [-0.3, -0.25) is 19.2 Å². The standard InChI is InChI=1S/C7H6O2.C6H6O2.C6H4O2.C6H6O/c1-5-4-6(8)2-3-7(5)9;2*7-5-1-2-6(8)4-3-5;7-6-4-2-1-3-5-6/h2-4H,1H3;1-4,7-8H;1-4H;1-5,7H. The Morgan fingerprint density at radius 1 is 0.500 bits per heavy atom. The van der Waals surface area contributed by atoms with Crippen LogP contribution in [0.4, 0.5) is 0 Å². The van der Waals surface area contributed by atoms with Gasteiger partial charge in [0.15, 0.2) is 23.1 Å². The predicted octanol–water partition coefficient (Wildman–Crippen LogP) is 3.38. The number of ketones is 4. The highest BCUT2D eigenvalue weighted by Gasteiger charge is 2.06. The van der Waals surface area contributed by atoms with E-state index >= 15 is 0 Å². The molecule has 2 aromatic carbocycles. The van der Waals surface area contributed by atoms with Crippen LogP contribution in [-0.4, -0.2) is 38.5 Å². The van der Waals surface area contributed by atoms with E-state index in [4.69, 9.17) is 15.3 Å². The van der Waals surface area contributed by atoms with Crippen molar-refractivity contribution in [3.05, 3.63) is 103 Å². The first-order valence-electron chi connectivity index (χ1n) is 9.28. The van der Waals surface area contributed by atoms with Crippen molar-refractivity contribution >= 4 is 23.1 Å². The minimum atomic E-state index is -0.121. The van der Waals surface area contributed by atoms with Crippen molar-refractivity contribution in [1.82, 2.24) is 0 Å². The van der Waals surface area contributed by atoms with Gasteiger partial charge in [-0.05, 0) is 85.9 Å². The lowest BCUT2D eigenvalue weighted by Gasteiger charge is -1.96. The number of para-hydroxylation sites is 1. The highest BCUT2D eigenvalue weighted by atomic mass is 16.3. The van der Waals surface area contributed by atoms with Crippen LogP contribution in [0.5, 0.6) is 17.2 Å². The summed E-state index contributed by atoms with van der Waals surface area (Å²) in [6.45, 7) is 1.63. The summed E-state index contributed by atoms with van der Waals surface area (Å²) in [7, 11) is 0. The number of benzene rings is 2. The van der Waals surface area contributed by atoms with Gasteiger partial charge in [-0.1, -0.05) is 18.2 Å². The first-order chi connectivity index (χ1) is 15.2. The lowest BCUT2D eigenvalue weighted by atomic mass is 10.1. The van der Waals surface area contributed by atoms with Gasteiger partial charge in [0, 0.05) is 5.57 Å². The van der Waals surface area contributed by atoms with Crippen LogP contribution in [0.25, 0.3) is 0 Å². The van der Waals surface area contributed by atoms with Crippen molar-refractivity contribution in [2.24, 2.45) is 0 Å². The summed E-state index contributed by atoms with van der Waals surface area (Å²) in [5, 5.41) is 25.9. The summed E-state index contributed by atoms with van der Waals surface area (Å²) in [4.78, 5) is 41.7. The van der Waals surface area contributed by atoms with Crippen LogP contribution in [-0.2, 0) is 19.2 Å². The highest BCUT2D eigenvalue weighted by Crippen LogP contribution is 2.13. The van der Waals surface area contributed by atoms with Crippen LogP contribution in [0, 0.1) is 0 Å². The summed E-state index contributed by atoms with van der Waals surface area (Å²) in [6, 6.07) is 14.4. The molecule has 0 unspecified atom stereocenters. The molecule has 0 bridgehead atoms. The van der Waals surface area contributed by atoms with Gasteiger partial charge in [0.05, 0.1) is 0 Å². The van der Waals surface area contributed by atoms with Gasteiger partial charge >= 0.3 is 0 Å². The van der Waals surface area contributed by atoms with Crippen molar-refractivity contribution in [3.8, 4) is 17.2 Å². The van der Waals surface area contributed by atoms with Gasteiger partial charge in [0.25, 0.3) is 0 Å². The van der Waals surface area contributed by atoms with Crippen molar-refractivity contribution in [2.45, 2.75) is 6.92 Å². The number of rotatable bonds is 0. The van der Waals surface area contributed by atoms with Crippen molar-refractivity contribution < 1.29 is 34.5 Å². The average molecular weight is 434 g/mol. The number of hydrogen-bond donors (Lipinski definition) is 3. The minimum absolute atomic E-state index is 0.0744. The summed E-state index contributed by atoms with van der Waals surface area (Å²) in [5.74, 6) is 0.240. The van der Waals surface area contributed by atoms with E-state index in [1.807, 2.05) is 6.07 Å². The van der Waals surface area contributed by atoms with Crippen LogP contribution in [0.15, 0.2) is 103 Å². The van der Waals surface area contributed by atoms with Crippen LogP contribution in [0.1, 0.15) is 6.92 Å². The number of hydrogen-bond acceptors (Lipinski definition) is 7. The summed E-state index contributed by atoms with van der Waals surface area (Å²) in [6.07, 6.45) is 8.91. The molecule has 0 amide bonds. The van der Waals surface area contributed by atoms with Crippen LogP contribution < -0.4 is 0 Å². The molecule has 0 saturated heterocycles. The molecule has 0 saturated carbocycles. The van der Waals surface area contributed by atoms with E-state index in [0.29, 0.717) is 11.3 Å². The van der Waals surface area contributed by atoms with E-state index in [9.17, 15) is 19.2 Å². The Balaban J connectivity index is 0.000000214. The average Bonchev–Trinajstić information content (AvgIpc) is 2.77. The molecule has 2 aliphatic rings. The lowest BCUT2D eigenvalue weighted by Crippen LogP contribution is -2.03. The maximum atomic E-state index is 10.6. The Labute approximate surface area is 185 Å². The van der Waals surface area contributed by atoms with E-state index in [0.717, 1.165) is 0 Å². The highest BCUT2D eigenvalue weighted by molar-refractivity contribution is 6.17. The van der Waals surface area contributed by atoms with Crippen molar-refractivity contribution in [2.75, 3.05) is 0 Å². The molecule has 164 valence electrons. The van der Waals surface area contributed by atoms with E-state index < -0.39 is 0 Å². The van der Waals surface area contributed by atoms with Gasteiger partial charge in [0.1, 0.15) is 17.2 Å². The minimum Gasteiger partial charge on any atom is -0.508 e. The number of aromatic hydroxyl groups is 3. The Morgan fingerprint density at radius 2 is 0.875 bits per heavy atom. The normalized spacial score (nSPS) is 13.6. The molecule has 0 fully saturated rings. The van der Waals surface area contributed by atoms with Crippen LogP contribution >= 0.6 is 0 Å². The monoisotopic (exact) mass is 434 g/mol. The second-order valence-corrected chi connectivity index (χ2v) is 6.25. The smallest absolute Gasteiger partial charge is 0.181 e. The zero-order chi connectivity index (χ0) is 23.9. The maximum Gasteiger partial charge on any atom is 0.181 e. The van der Waals surface area contributed by atoms with Gasteiger partial charge in [-0.15, -0.1) is 0 Å². The molecule has 0 aromatic heterocycles. The molecule has 0 atom stereocenters. The Bertz CT molecular complexity index is 998.